The highest BCUT2D eigenvalue weighted by atomic mass is 79.9. The highest BCUT2D eigenvalue weighted by Crippen LogP contribution is 2.47. The van der Waals surface area contributed by atoms with Crippen LogP contribution in [0.4, 0.5) is 0 Å². The van der Waals surface area contributed by atoms with Gasteiger partial charge in [0.2, 0.25) is 5.91 Å². The van der Waals surface area contributed by atoms with Gasteiger partial charge in [0.15, 0.2) is 0 Å². The van der Waals surface area contributed by atoms with Gasteiger partial charge in [0, 0.05) is 5.92 Å². The summed E-state index contributed by atoms with van der Waals surface area (Å²) in [5, 5.41) is 0. The maximum atomic E-state index is 11.9. The minimum atomic E-state index is -0.299. The van der Waals surface area contributed by atoms with Crippen molar-refractivity contribution in [2.24, 2.45) is 11.8 Å². The summed E-state index contributed by atoms with van der Waals surface area (Å²) in [6.07, 6.45) is 0.841. The number of amides is 2. The van der Waals surface area contributed by atoms with Gasteiger partial charge in [0.25, 0.3) is 5.91 Å². The Morgan fingerprint density at radius 1 is 1.20 bits per heavy atom. The summed E-state index contributed by atoms with van der Waals surface area (Å²) in [4.78, 5) is 23.4. The van der Waals surface area contributed by atoms with E-state index in [-0.39, 0.29) is 34.4 Å². The highest BCUT2D eigenvalue weighted by Gasteiger charge is 2.44. The topological polar surface area (TPSA) is 58.2 Å². The first-order chi connectivity index (χ1) is 9.50. The van der Waals surface area contributed by atoms with Gasteiger partial charge in [-0.2, -0.15) is 0 Å². The molecule has 1 aliphatic carbocycles. The Hall–Kier alpha value is -1.36. The molecule has 1 saturated carbocycles. The highest BCUT2D eigenvalue weighted by molar-refractivity contribution is 9.10. The van der Waals surface area contributed by atoms with Crippen LogP contribution >= 0.6 is 15.9 Å². The number of carbonyl (C=O) groups excluding carboxylic acids is 2. The first-order valence-electron chi connectivity index (χ1n) is 6.79. The summed E-state index contributed by atoms with van der Waals surface area (Å²) in [6.45, 7) is 3.88. The van der Waals surface area contributed by atoms with Crippen LogP contribution in [0.2, 0.25) is 0 Å². The molecule has 0 spiro atoms. The third kappa shape index (κ3) is 3.60. The van der Waals surface area contributed by atoms with E-state index in [2.05, 4.69) is 26.8 Å². The minimum absolute atomic E-state index is 0.0366. The molecule has 3 atom stereocenters. The van der Waals surface area contributed by atoms with Crippen LogP contribution < -0.4 is 10.9 Å². The second-order valence-electron chi connectivity index (χ2n) is 5.48. The largest absolute Gasteiger partial charge is 0.273 e. The number of halogens is 1. The SMILES string of the molecule is CC(C)[C@@H](Br)C(=O)NNC(=O)[C@@H]1C[C@@H]1c1ccccc1. The summed E-state index contributed by atoms with van der Waals surface area (Å²) in [5.74, 6) is 0.0781. The van der Waals surface area contributed by atoms with Crippen LogP contribution in [0.3, 0.4) is 0 Å². The van der Waals surface area contributed by atoms with Crippen LogP contribution in [0, 0.1) is 11.8 Å². The zero-order valence-corrected chi connectivity index (χ0v) is 13.2. The fourth-order valence-electron chi connectivity index (χ4n) is 2.14. The van der Waals surface area contributed by atoms with Gasteiger partial charge in [-0.3, -0.25) is 20.4 Å². The van der Waals surface area contributed by atoms with E-state index in [0.29, 0.717) is 0 Å². The summed E-state index contributed by atoms with van der Waals surface area (Å²) >= 11 is 3.30. The number of hydrazine groups is 1. The molecule has 0 aromatic heterocycles. The first kappa shape index (κ1) is 15.0. The van der Waals surface area contributed by atoms with E-state index in [9.17, 15) is 9.59 Å². The normalized spacial score (nSPS) is 22.2. The van der Waals surface area contributed by atoms with Crippen molar-refractivity contribution in [1.82, 2.24) is 10.9 Å². The first-order valence-corrected chi connectivity index (χ1v) is 7.71. The monoisotopic (exact) mass is 338 g/mol. The third-order valence-corrected chi connectivity index (χ3v) is 4.97. The lowest BCUT2D eigenvalue weighted by Crippen LogP contribution is -2.46. The lowest BCUT2D eigenvalue weighted by molar-refractivity contribution is -0.129. The van der Waals surface area contributed by atoms with Crippen molar-refractivity contribution in [3.8, 4) is 0 Å². The Morgan fingerprint density at radius 3 is 2.45 bits per heavy atom. The number of carbonyl (C=O) groups is 2. The average Bonchev–Trinajstić information content (AvgIpc) is 3.24. The molecule has 108 valence electrons. The lowest BCUT2D eigenvalue weighted by atomic mass is 10.1. The van der Waals surface area contributed by atoms with E-state index in [1.165, 1.54) is 5.56 Å². The predicted octanol–water partition coefficient (Wildman–Crippen LogP) is 2.36. The summed E-state index contributed by atoms with van der Waals surface area (Å²) in [6, 6.07) is 9.97. The molecule has 1 aliphatic rings. The molecule has 20 heavy (non-hydrogen) atoms. The number of hydrogen-bond donors (Lipinski definition) is 2. The molecule has 1 aromatic rings. The summed E-state index contributed by atoms with van der Waals surface area (Å²) in [5.41, 5.74) is 6.16. The van der Waals surface area contributed by atoms with Crippen LogP contribution in [0.15, 0.2) is 30.3 Å². The zero-order chi connectivity index (χ0) is 14.7. The van der Waals surface area contributed by atoms with Gasteiger partial charge < -0.3 is 0 Å². The molecular weight excluding hydrogens is 320 g/mol. The van der Waals surface area contributed by atoms with E-state index in [4.69, 9.17) is 0 Å². The van der Waals surface area contributed by atoms with Gasteiger partial charge in [-0.05, 0) is 23.8 Å². The smallest absolute Gasteiger partial charge is 0.252 e. The average molecular weight is 339 g/mol. The molecule has 0 aliphatic heterocycles. The van der Waals surface area contributed by atoms with Crippen LogP contribution in [0.25, 0.3) is 0 Å². The molecule has 4 nitrogen and oxygen atoms in total. The molecule has 0 radical (unpaired) electrons. The third-order valence-electron chi connectivity index (χ3n) is 3.50. The second-order valence-corrected chi connectivity index (χ2v) is 6.47. The van der Waals surface area contributed by atoms with E-state index >= 15 is 0 Å². The van der Waals surface area contributed by atoms with E-state index in [1.54, 1.807) is 0 Å². The minimum Gasteiger partial charge on any atom is -0.273 e. The van der Waals surface area contributed by atoms with Gasteiger partial charge in [-0.1, -0.05) is 60.1 Å². The van der Waals surface area contributed by atoms with Gasteiger partial charge >= 0.3 is 0 Å². The zero-order valence-electron chi connectivity index (χ0n) is 11.6. The van der Waals surface area contributed by atoms with Crippen LogP contribution in [-0.2, 0) is 9.59 Å². The van der Waals surface area contributed by atoms with Crippen LogP contribution in [0.5, 0.6) is 0 Å². The predicted molar refractivity (Wildman–Crippen MR) is 81.1 cm³/mol. The number of benzene rings is 1. The molecule has 0 heterocycles. The van der Waals surface area contributed by atoms with Crippen molar-refractivity contribution < 1.29 is 9.59 Å². The molecule has 1 aromatic carbocycles. The van der Waals surface area contributed by atoms with E-state index in [0.717, 1.165) is 6.42 Å². The molecule has 5 heteroatoms. The lowest BCUT2D eigenvalue weighted by Gasteiger charge is -2.14. The maximum absolute atomic E-state index is 11.9. The van der Waals surface area contributed by atoms with E-state index < -0.39 is 0 Å². The van der Waals surface area contributed by atoms with Crippen LogP contribution in [0.1, 0.15) is 31.7 Å². The number of rotatable bonds is 4. The Bertz CT molecular complexity index is 490. The standard InChI is InChI=1S/C15H19BrN2O2/c1-9(2)13(16)15(20)18-17-14(19)12-8-11(12)10-6-4-3-5-7-10/h3-7,9,11-13H,8H2,1-2H3,(H,17,19)(H,18,20)/t11-,12-,13-/m1/s1. The van der Waals surface area contributed by atoms with Crippen molar-refractivity contribution in [2.75, 3.05) is 0 Å². The van der Waals surface area contributed by atoms with Gasteiger partial charge in [0.1, 0.15) is 0 Å². The van der Waals surface area contributed by atoms with Gasteiger partial charge in [-0.15, -0.1) is 0 Å². The van der Waals surface area contributed by atoms with Crippen molar-refractivity contribution in [2.45, 2.75) is 31.0 Å². The van der Waals surface area contributed by atoms with E-state index in [1.807, 2.05) is 44.2 Å². The van der Waals surface area contributed by atoms with Crippen molar-refractivity contribution in [1.29, 1.82) is 0 Å². The van der Waals surface area contributed by atoms with Crippen molar-refractivity contribution in [3.05, 3.63) is 35.9 Å². The maximum Gasteiger partial charge on any atom is 0.252 e. The van der Waals surface area contributed by atoms with Gasteiger partial charge in [-0.25, -0.2) is 0 Å². The molecule has 1 fully saturated rings. The molecule has 0 bridgehead atoms. The molecule has 2 rings (SSSR count). The fraction of sp³-hybridized carbons (Fsp3) is 0.467. The molecule has 0 unspecified atom stereocenters. The fourth-order valence-corrected chi connectivity index (χ4v) is 2.26. The quantitative estimate of drug-likeness (QED) is 0.654. The molecule has 2 N–H and O–H groups in total. The van der Waals surface area contributed by atoms with Crippen LogP contribution in [-0.4, -0.2) is 16.6 Å². The van der Waals surface area contributed by atoms with Gasteiger partial charge in [0.05, 0.1) is 4.83 Å². The van der Waals surface area contributed by atoms with Crippen molar-refractivity contribution >= 4 is 27.7 Å². The Kier molecular flexibility index (Phi) is 4.81. The second kappa shape index (κ2) is 6.39. The Morgan fingerprint density at radius 2 is 1.85 bits per heavy atom. The molecular formula is C15H19BrN2O2. The number of nitrogens with one attached hydrogen (secondary N) is 2. The molecule has 0 saturated heterocycles. The number of hydrogen-bond acceptors (Lipinski definition) is 2. The summed E-state index contributed by atoms with van der Waals surface area (Å²) in [7, 11) is 0. The molecule has 2 amide bonds. The van der Waals surface area contributed by atoms with Crippen molar-refractivity contribution in [3.63, 3.8) is 0 Å². The Labute approximate surface area is 127 Å². The number of alkyl halides is 1. The summed E-state index contributed by atoms with van der Waals surface area (Å²) < 4.78 is 0. The Balaban J connectivity index is 1.79.